The van der Waals surface area contributed by atoms with Gasteiger partial charge in [-0.1, -0.05) is 22.4 Å². The fraction of sp³-hybridized carbons (Fsp3) is 0.583. The van der Waals surface area contributed by atoms with Crippen molar-refractivity contribution in [1.82, 2.24) is 4.98 Å². The Balaban J connectivity index is 2.16. The maximum absolute atomic E-state index is 5.46. The van der Waals surface area contributed by atoms with Crippen molar-refractivity contribution in [2.45, 2.75) is 36.9 Å². The average Bonchev–Trinajstić information content (AvgIpc) is 2.65. The molecule has 3 heteroatoms. The second-order valence-corrected chi connectivity index (χ2v) is 5.12. The van der Waals surface area contributed by atoms with Crippen LogP contribution in [0.1, 0.15) is 37.7 Å². The number of aromatic nitrogens is 1. The van der Waals surface area contributed by atoms with E-state index in [-0.39, 0.29) is 0 Å². The molecule has 0 amide bonds. The summed E-state index contributed by atoms with van der Waals surface area (Å²) in [7, 11) is 0. The molecular weight excluding hydrogens is 254 g/mol. The zero-order chi connectivity index (χ0) is 10.7. The summed E-state index contributed by atoms with van der Waals surface area (Å²) in [6.45, 7) is 2.70. The summed E-state index contributed by atoms with van der Waals surface area (Å²) in [5, 5.41) is 0. The summed E-state index contributed by atoms with van der Waals surface area (Å²) in [6, 6.07) is 2.13. The lowest BCUT2D eigenvalue weighted by molar-refractivity contribution is 0.338. The molecule has 0 aliphatic heterocycles. The second-order valence-electron chi connectivity index (χ2n) is 3.94. The quantitative estimate of drug-likeness (QED) is 0.784. The molecule has 2 nitrogen and oxygen atoms in total. The SMILES string of the molecule is CCOc1cncc(C2CCCC2Br)c1. The topological polar surface area (TPSA) is 22.1 Å². The van der Waals surface area contributed by atoms with Crippen molar-refractivity contribution in [2.24, 2.45) is 0 Å². The third-order valence-electron chi connectivity index (χ3n) is 2.91. The van der Waals surface area contributed by atoms with E-state index in [1.807, 2.05) is 13.1 Å². The molecule has 1 heterocycles. The zero-order valence-corrected chi connectivity index (χ0v) is 10.5. The molecule has 1 aliphatic carbocycles. The van der Waals surface area contributed by atoms with Crippen LogP contribution in [0.3, 0.4) is 0 Å². The molecule has 0 saturated heterocycles. The fourth-order valence-corrected chi connectivity index (χ4v) is 3.07. The predicted molar refractivity (Wildman–Crippen MR) is 64.7 cm³/mol. The van der Waals surface area contributed by atoms with Gasteiger partial charge in [-0.15, -0.1) is 0 Å². The van der Waals surface area contributed by atoms with E-state index in [4.69, 9.17) is 4.74 Å². The van der Waals surface area contributed by atoms with Crippen molar-refractivity contribution in [1.29, 1.82) is 0 Å². The van der Waals surface area contributed by atoms with Gasteiger partial charge in [0, 0.05) is 11.0 Å². The first-order valence-corrected chi connectivity index (χ1v) is 6.44. The number of nitrogens with zero attached hydrogens (tertiary/aromatic N) is 1. The van der Waals surface area contributed by atoms with E-state index < -0.39 is 0 Å². The van der Waals surface area contributed by atoms with Crippen molar-refractivity contribution >= 4 is 15.9 Å². The first-order chi connectivity index (χ1) is 7.31. The number of rotatable bonds is 3. The number of hydrogen-bond donors (Lipinski definition) is 0. The van der Waals surface area contributed by atoms with E-state index >= 15 is 0 Å². The van der Waals surface area contributed by atoms with Crippen molar-refractivity contribution < 1.29 is 4.74 Å². The number of alkyl halides is 1. The minimum atomic E-state index is 0.608. The van der Waals surface area contributed by atoms with Crippen molar-refractivity contribution in [3.8, 4) is 5.75 Å². The average molecular weight is 270 g/mol. The Bertz CT molecular complexity index is 329. The Morgan fingerprint density at radius 2 is 2.33 bits per heavy atom. The summed E-state index contributed by atoms with van der Waals surface area (Å²) in [5.74, 6) is 1.50. The molecule has 82 valence electrons. The fourth-order valence-electron chi connectivity index (χ4n) is 2.17. The van der Waals surface area contributed by atoms with Crippen LogP contribution < -0.4 is 4.74 Å². The van der Waals surface area contributed by atoms with Gasteiger partial charge in [0.05, 0.1) is 12.8 Å². The molecule has 1 saturated carbocycles. The van der Waals surface area contributed by atoms with Gasteiger partial charge in [0.1, 0.15) is 5.75 Å². The van der Waals surface area contributed by atoms with Crippen LogP contribution in [0.4, 0.5) is 0 Å². The standard InChI is InChI=1S/C12H16BrNO/c1-2-15-10-6-9(7-14-8-10)11-4-3-5-12(11)13/h6-8,11-12H,2-5H2,1H3. The molecule has 2 atom stereocenters. The van der Waals surface area contributed by atoms with Crippen LogP contribution in [-0.2, 0) is 0 Å². The highest BCUT2D eigenvalue weighted by Crippen LogP contribution is 2.39. The van der Waals surface area contributed by atoms with Gasteiger partial charge in [-0.05, 0) is 37.3 Å². The van der Waals surface area contributed by atoms with E-state index in [2.05, 4.69) is 27.0 Å². The van der Waals surface area contributed by atoms with Crippen LogP contribution in [-0.4, -0.2) is 16.4 Å². The molecule has 0 spiro atoms. The lowest BCUT2D eigenvalue weighted by Gasteiger charge is -2.14. The van der Waals surface area contributed by atoms with Gasteiger partial charge in [0.2, 0.25) is 0 Å². The van der Waals surface area contributed by atoms with E-state index in [0.29, 0.717) is 17.4 Å². The molecule has 0 radical (unpaired) electrons. The molecule has 1 aromatic heterocycles. The molecule has 1 aromatic rings. The van der Waals surface area contributed by atoms with Crippen LogP contribution >= 0.6 is 15.9 Å². The van der Waals surface area contributed by atoms with E-state index in [9.17, 15) is 0 Å². The summed E-state index contributed by atoms with van der Waals surface area (Å²) < 4.78 is 5.46. The molecule has 2 unspecified atom stereocenters. The van der Waals surface area contributed by atoms with Gasteiger partial charge in [0.15, 0.2) is 0 Å². The molecule has 0 bridgehead atoms. The summed E-state index contributed by atoms with van der Waals surface area (Å²) in [5.41, 5.74) is 1.31. The van der Waals surface area contributed by atoms with Crippen LogP contribution in [0.5, 0.6) is 5.75 Å². The molecule has 2 rings (SSSR count). The minimum absolute atomic E-state index is 0.608. The maximum Gasteiger partial charge on any atom is 0.137 e. The summed E-state index contributed by atoms with van der Waals surface area (Å²) in [6.07, 6.45) is 7.58. The Hall–Kier alpha value is -0.570. The molecule has 0 aromatic carbocycles. The Morgan fingerprint density at radius 1 is 1.47 bits per heavy atom. The first-order valence-electron chi connectivity index (χ1n) is 5.53. The first kappa shape index (κ1) is 10.9. The normalized spacial score (nSPS) is 25.5. The van der Waals surface area contributed by atoms with Gasteiger partial charge >= 0.3 is 0 Å². The molecule has 1 fully saturated rings. The maximum atomic E-state index is 5.46. The van der Waals surface area contributed by atoms with Gasteiger partial charge in [-0.3, -0.25) is 4.98 Å². The smallest absolute Gasteiger partial charge is 0.137 e. The van der Waals surface area contributed by atoms with Gasteiger partial charge in [0.25, 0.3) is 0 Å². The lowest BCUT2D eigenvalue weighted by Crippen LogP contribution is -2.05. The van der Waals surface area contributed by atoms with Gasteiger partial charge in [-0.25, -0.2) is 0 Å². The van der Waals surface area contributed by atoms with Crippen LogP contribution in [0, 0.1) is 0 Å². The molecule has 0 N–H and O–H groups in total. The Kier molecular flexibility index (Phi) is 3.62. The lowest BCUT2D eigenvalue weighted by atomic mass is 9.99. The Labute approximate surface area is 99.2 Å². The van der Waals surface area contributed by atoms with Crippen molar-refractivity contribution in [3.05, 3.63) is 24.0 Å². The highest BCUT2D eigenvalue weighted by Gasteiger charge is 2.26. The number of halogens is 1. The third-order valence-corrected chi connectivity index (χ3v) is 4.00. The van der Waals surface area contributed by atoms with E-state index in [0.717, 1.165) is 5.75 Å². The largest absolute Gasteiger partial charge is 0.492 e. The van der Waals surface area contributed by atoms with E-state index in [1.54, 1.807) is 6.20 Å². The number of ether oxygens (including phenoxy) is 1. The number of hydrogen-bond acceptors (Lipinski definition) is 2. The van der Waals surface area contributed by atoms with Gasteiger partial charge in [-0.2, -0.15) is 0 Å². The molecular formula is C12H16BrNO. The van der Waals surface area contributed by atoms with Crippen LogP contribution in [0.15, 0.2) is 18.5 Å². The van der Waals surface area contributed by atoms with Crippen LogP contribution in [0.2, 0.25) is 0 Å². The van der Waals surface area contributed by atoms with Gasteiger partial charge < -0.3 is 4.74 Å². The minimum Gasteiger partial charge on any atom is -0.492 e. The highest BCUT2D eigenvalue weighted by atomic mass is 79.9. The molecule has 1 aliphatic rings. The Morgan fingerprint density at radius 3 is 3.00 bits per heavy atom. The monoisotopic (exact) mass is 269 g/mol. The summed E-state index contributed by atoms with van der Waals surface area (Å²) in [4.78, 5) is 4.84. The van der Waals surface area contributed by atoms with E-state index in [1.165, 1.54) is 24.8 Å². The summed E-state index contributed by atoms with van der Waals surface area (Å²) >= 11 is 3.74. The highest BCUT2D eigenvalue weighted by molar-refractivity contribution is 9.09. The molecule has 15 heavy (non-hydrogen) atoms. The number of pyridine rings is 1. The zero-order valence-electron chi connectivity index (χ0n) is 8.95. The predicted octanol–water partition coefficient (Wildman–Crippen LogP) is 3.51. The second kappa shape index (κ2) is 4.97. The van der Waals surface area contributed by atoms with Crippen LogP contribution in [0.25, 0.3) is 0 Å². The van der Waals surface area contributed by atoms with Crippen molar-refractivity contribution in [3.63, 3.8) is 0 Å². The third kappa shape index (κ3) is 2.51. The van der Waals surface area contributed by atoms with Crippen molar-refractivity contribution in [2.75, 3.05) is 6.61 Å².